The third-order valence-corrected chi connectivity index (χ3v) is 4.29. The van der Waals surface area contributed by atoms with Crippen LogP contribution < -0.4 is 16.6 Å². The number of ether oxygens (including phenoxy) is 1. The summed E-state index contributed by atoms with van der Waals surface area (Å²) in [4.78, 5) is 51.1. The first kappa shape index (κ1) is 18.4. The zero-order chi connectivity index (χ0) is 18.8. The van der Waals surface area contributed by atoms with E-state index in [4.69, 9.17) is 4.74 Å². The molecular formula is C17H21N3O5. The van der Waals surface area contributed by atoms with Crippen molar-refractivity contribution in [3.63, 3.8) is 0 Å². The molecule has 1 aromatic heterocycles. The highest BCUT2D eigenvalue weighted by Gasteiger charge is 2.34. The third-order valence-electron chi connectivity index (χ3n) is 4.29. The summed E-state index contributed by atoms with van der Waals surface area (Å²) in [5, 5.41) is 2.95. The normalized spacial score (nSPS) is 13.3. The number of hydrogen-bond donors (Lipinski definition) is 2. The van der Waals surface area contributed by atoms with Gasteiger partial charge in [0.1, 0.15) is 5.54 Å². The molecule has 1 atom stereocenters. The maximum absolute atomic E-state index is 12.5. The average molecular weight is 347 g/mol. The average Bonchev–Trinajstić information content (AvgIpc) is 2.60. The Labute approximate surface area is 143 Å². The Morgan fingerprint density at radius 1 is 1.28 bits per heavy atom. The molecule has 2 rings (SSSR count). The van der Waals surface area contributed by atoms with Gasteiger partial charge < -0.3 is 15.0 Å². The predicted molar refractivity (Wildman–Crippen MR) is 92.7 cm³/mol. The summed E-state index contributed by atoms with van der Waals surface area (Å²) in [5.74, 6) is -1.06. The van der Waals surface area contributed by atoms with Crippen molar-refractivity contribution < 1.29 is 14.3 Å². The Morgan fingerprint density at radius 2 is 1.96 bits per heavy atom. The lowest BCUT2D eigenvalue weighted by Gasteiger charge is -2.26. The second-order valence-electron chi connectivity index (χ2n) is 5.87. The van der Waals surface area contributed by atoms with E-state index < -0.39 is 28.7 Å². The van der Waals surface area contributed by atoms with Crippen LogP contribution in [0.25, 0.3) is 10.9 Å². The van der Waals surface area contributed by atoms with Gasteiger partial charge in [0.2, 0.25) is 0 Å². The standard InChI is InChI=1S/C17H21N3O5/c1-5-17(3,15(23)25-4)19-13(21)10-7-8-11-12(9-10)18-16(24)20(6-2)14(11)22/h7-9H,5-6H2,1-4H3,(H,18,24)(H,19,21)/t17-/m1/s1. The van der Waals surface area contributed by atoms with E-state index in [2.05, 4.69) is 10.3 Å². The second-order valence-corrected chi connectivity index (χ2v) is 5.87. The van der Waals surface area contributed by atoms with Gasteiger partial charge in [-0.25, -0.2) is 9.59 Å². The molecule has 0 unspecified atom stereocenters. The molecule has 0 radical (unpaired) electrons. The molecule has 1 amide bonds. The number of amides is 1. The van der Waals surface area contributed by atoms with Crippen LogP contribution in [0.2, 0.25) is 0 Å². The molecule has 1 aromatic carbocycles. The molecule has 0 aliphatic heterocycles. The molecule has 0 saturated carbocycles. The van der Waals surface area contributed by atoms with E-state index in [1.165, 1.54) is 25.3 Å². The van der Waals surface area contributed by atoms with Gasteiger partial charge >= 0.3 is 11.7 Å². The van der Waals surface area contributed by atoms with Crippen molar-refractivity contribution in [2.75, 3.05) is 7.11 Å². The van der Waals surface area contributed by atoms with Gasteiger partial charge in [-0.3, -0.25) is 14.2 Å². The van der Waals surface area contributed by atoms with E-state index in [1.807, 2.05) is 0 Å². The van der Waals surface area contributed by atoms with E-state index in [1.54, 1.807) is 20.8 Å². The molecule has 2 aromatic rings. The van der Waals surface area contributed by atoms with Gasteiger partial charge in [0.25, 0.3) is 11.5 Å². The zero-order valence-electron chi connectivity index (χ0n) is 14.6. The molecule has 0 saturated heterocycles. The summed E-state index contributed by atoms with van der Waals surface area (Å²) >= 11 is 0. The summed E-state index contributed by atoms with van der Waals surface area (Å²) in [6.07, 6.45) is 0.344. The maximum Gasteiger partial charge on any atom is 0.331 e. The van der Waals surface area contributed by atoms with E-state index in [9.17, 15) is 19.2 Å². The molecule has 1 heterocycles. The van der Waals surface area contributed by atoms with Gasteiger partial charge in [-0.15, -0.1) is 0 Å². The zero-order valence-corrected chi connectivity index (χ0v) is 14.6. The number of benzene rings is 1. The number of aromatic nitrogens is 2. The Balaban J connectivity index is 2.45. The number of carbonyl (C=O) groups is 2. The fourth-order valence-electron chi connectivity index (χ4n) is 2.51. The summed E-state index contributed by atoms with van der Waals surface area (Å²) in [7, 11) is 1.25. The van der Waals surface area contributed by atoms with E-state index in [-0.39, 0.29) is 17.6 Å². The topological polar surface area (TPSA) is 110 Å². The number of rotatable bonds is 5. The highest BCUT2D eigenvalue weighted by atomic mass is 16.5. The highest BCUT2D eigenvalue weighted by molar-refractivity contribution is 6.00. The van der Waals surface area contributed by atoms with Gasteiger partial charge in [-0.1, -0.05) is 6.92 Å². The Bertz CT molecular complexity index is 943. The van der Waals surface area contributed by atoms with Gasteiger partial charge in [0.05, 0.1) is 18.0 Å². The molecule has 8 heteroatoms. The molecule has 2 N–H and O–H groups in total. The molecule has 0 bridgehead atoms. The first-order chi connectivity index (χ1) is 11.8. The van der Waals surface area contributed by atoms with E-state index in [0.29, 0.717) is 11.8 Å². The number of hydrogen-bond acceptors (Lipinski definition) is 5. The van der Waals surface area contributed by atoms with Crippen molar-refractivity contribution in [1.29, 1.82) is 0 Å². The number of methoxy groups -OCH3 is 1. The lowest BCUT2D eigenvalue weighted by atomic mass is 9.98. The molecule has 0 spiro atoms. The Morgan fingerprint density at radius 3 is 2.52 bits per heavy atom. The summed E-state index contributed by atoms with van der Waals surface area (Å²) in [6.45, 7) is 5.27. The van der Waals surface area contributed by atoms with Crippen molar-refractivity contribution in [2.24, 2.45) is 0 Å². The van der Waals surface area contributed by atoms with Crippen LogP contribution in [0.5, 0.6) is 0 Å². The molecule has 25 heavy (non-hydrogen) atoms. The fraction of sp³-hybridized carbons (Fsp3) is 0.412. The van der Waals surface area contributed by atoms with Crippen molar-refractivity contribution in [2.45, 2.75) is 39.3 Å². The van der Waals surface area contributed by atoms with Gasteiger partial charge in [-0.2, -0.15) is 0 Å². The minimum absolute atomic E-state index is 0.223. The fourth-order valence-corrected chi connectivity index (χ4v) is 2.51. The molecule has 0 aliphatic carbocycles. The number of nitrogens with zero attached hydrogens (tertiary/aromatic N) is 1. The number of carbonyl (C=O) groups excluding carboxylic acids is 2. The van der Waals surface area contributed by atoms with Crippen LogP contribution in [0.15, 0.2) is 27.8 Å². The number of fused-ring (bicyclic) bond motifs is 1. The van der Waals surface area contributed by atoms with Crippen molar-refractivity contribution in [3.05, 3.63) is 44.6 Å². The predicted octanol–water partition coefficient (Wildman–Crippen LogP) is 0.781. The Kier molecular flexibility index (Phi) is 5.10. The van der Waals surface area contributed by atoms with Crippen LogP contribution in [0.4, 0.5) is 0 Å². The molecule has 0 aliphatic rings. The first-order valence-corrected chi connectivity index (χ1v) is 7.95. The maximum atomic E-state index is 12.5. The Hall–Kier alpha value is -2.90. The monoisotopic (exact) mass is 347 g/mol. The minimum Gasteiger partial charge on any atom is -0.467 e. The van der Waals surface area contributed by atoms with Gasteiger partial charge in [0, 0.05) is 12.1 Å². The number of nitrogens with one attached hydrogen (secondary N) is 2. The largest absolute Gasteiger partial charge is 0.467 e. The summed E-state index contributed by atoms with van der Waals surface area (Å²) in [5.41, 5.74) is -1.63. The van der Waals surface area contributed by atoms with Crippen LogP contribution in [-0.4, -0.2) is 34.1 Å². The van der Waals surface area contributed by atoms with Crippen LogP contribution >= 0.6 is 0 Å². The van der Waals surface area contributed by atoms with Crippen LogP contribution in [0.1, 0.15) is 37.6 Å². The van der Waals surface area contributed by atoms with Crippen molar-refractivity contribution >= 4 is 22.8 Å². The van der Waals surface area contributed by atoms with E-state index in [0.717, 1.165) is 4.57 Å². The van der Waals surface area contributed by atoms with E-state index >= 15 is 0 Å². The quantitative estimate of drug-likeness (QED) is 0.777. The molecule has 0 fully saturated rings. The van der Waals surface area contributed by atoms with Crippen molar-refractivity contribution in [1.82, 2.24) is 14.9 Å². The summed E-state index contributed by atoms with van der Waals surface area (Å²) < 4.78 is 5.80. The molecule has 8 nitrogen and oxygen atoms in total. The van der Waals surface area contributed by atoms with Crippen LogP contribution in [0.3, 0.4) is 0 Å². The molecule has 134 valence electrons. The van der Waals surface area contributed by atoms with Gasteiger partial charge in [-0.05, 0) is 38.5 Å². The molecular weight excluding hydrogens is 326 g/mol. The summed E-state index contributed by atoms with van der Waals surface area (Å²) in [6, 6.07) is 4.38. The van der Waals surface area contributed by atoms with Gasteiger partial charge in [0.15, 0.2) is 0 Å². The highest BCUT2D eigenvalue weighted by Crippen LogP contribution is 2.15. The SMILES string of the molecule is CCn1c(=O)[nH]c2cc(C(=O)N[C@](C)(CC)C(=O)OC)ccc2c1=O. The number of esters is 1. The lowest BCUT2D eigenvalue weighted by molar-refractivity contribution is -0.147. The van der Waals surface area contributed by atoms with Crippen LogP contribution in [0, 0.1) is 0 Å². The second kappa shape index (κ2) is 6.92. The smallest absolute Gasteiger partial charge is 0.331 e. The number of aromatic amines is 1. The first-order valence-electron chi connectivity index (χ1n) is 7.95. The third kappa shape index (κ3) is 3.33. The minimum atomic E-state index is -1.17. The van der Waals surface area contributed by atoms with Crippen LogP contribution in [-0.2, 0) is 16.1 Å². The lowest BCUT2D eigenvalue weighted by Crippen LogP contribution is -2.52. The number of H-pyrrole nitrogens is 1. The van der Waals surface area contributed by atoms with Crippen molar-refractivity contribution in [3.8, 4) is 0 Å².